The lowest BCUT2D eigenvalue weighted by molar-refractivity contribution is 0.122. The van der Waals surface area contributed by atoms with Gasteiger partial charge >= 0.3 is 0 Å². The zero-order valence-corrected chi connectivity index (χ0v) is 11.7. The minimum atomic E-state index is -0.266. The molecule has 19 heavy (non-hydrogen) atoms. The molecule has 1 saturated heterocycles. The van der Waals surface area contributed by atoms with Crippen LogP contribution < -0.4 is 15.4 Å². The summed E-state index contributed by atoms with van der Waals surface area (Å²) in [6.07, 6.45) is -0.266. The number of anilines is 2. The molecule has 0 amide bonds. The molecule has 1 aliphatic heterocycles. The zero-order valence-electron chi connectivity index (χ0n) is 11.7. The van der Waals surface area contributed by atoms with Gasteiger partial charge in [-0.2, -0.15) is 0 Å². The second-order valence-corrected chi connectivity index (χ2v) is 5.07. The normalized spacial score (nSPS) is 18.4. The number of nitrogens with two attached hydrogens (primary N) is 1. The molecule has 1 aliphatic rings. The van der Waals surface area contributed by atoms with E-state index in [0.717, 1.165) is 44.2 Å². The predicted molar refractivity (Wildman–Crippen MR) is 77.7 cm³/mol. The second-order valence-electron chi connectivity index (χ2n) is 5.07. The van der Waals surface area contributed by atoms with E-state index in [2.05, 4.69) is 9.80 Å². The molecule has 5 nitrogen and oxygen atoms in total. The molecule has 0 radical (unpaired) electrons. The number of benzene rings is 1. The molecule has 2 rings (SSSR count). The van der Waals surface area contributed by atoms with Crippen LogP contribution in [0.3, 0.4) is 0 Å². The van der Waals surface area contributed by atoms with Gasteiger partial charge in [-0.15, -0.1) is 0 Å². The van der Waals surface area contributed by atoms with Gasteiger partial charge in [0.1, 0.15) is 5.75 Å². The Morgan fingerprint density at radius 2 is 2.00 bits per heavy atom. The van der Waals surface area contributed by atoms with Crippen molar-refractivity contribution in [2.45, 2.75) is 13.0 Å². The summed E-state index contributed by atoms with van der Waals surface area (Å²) < 4.78 is 5.40. The highest BCUT2D eigenvalue weighted by Gasteiger charge is 2.20. The van der Waals surface area contributed by atoms with Crippen LogP contribution in [0.2, 0.25) is 0 Å². The van der Waals surface area contributed by atoms with Crippen LogP contribution in [-0.4, -0.2) is 55.9 Å². The van der Waals surface area contributed by atoms with Gasteiger partial charge in [0.2, 0.25) is 0 Å². The maximum atomic E-state index is 9.41. The number of ether oxygens (including phenoxy) is 1. The SMILES string of the molecule is COc1cc(N)ccc1N1CCN(CC(C)O)CC1. The van der Waals surface area contributed by atoms with Crippen molar-refractivity contribution in [1.29, 1.82) is 0 Å². The van der Waals surface area contributed by atoms with Crippen LogP contribution in [0.5, 0.6) is 5.75 Å². The zero-order chi connectivity index (χ0) is 13.8. The Hall–Kier alpha value is -1.46. The lowest BCUT2D eigenvalue weighted by Crippen LogP contribution is -2.48. The molecule has 1 heterocycles. The number of piperazine rings is 1. The summed E-state index contributed by atoms with van der Waals surface area (Å²) in [5.74, 6) is 0.823. The van der Waals surface area contributed by atoms with Crippen molar-refractivity contribution in [3.05, 3.63) is 18.2 Å². The molecule has 3 N–H and O–H groups in total. The second kappa shape index (κ2) is 6.12. The summed E-state index contributed by atoms with van der Waals surface area (Å²) in [7, 11) is 1.67. The van der Waals surface area contributed by atoms with E-state index >= 15 is 0 Å². The van der Waals surface area contributed by atoms with Gasteiger partial charge in [-0.05, 0) is 19.1 Å². The molecule has 1 unspecified atom stereocenters. The maximum Gasteiger partial charge on any atom is 0.144 e. The molecular weight excluding hydrogens is 242 g/mol. The number of aliphatic hydroxyl groups excluding tert-OH is 1. The molecule has 1 fully saturated rings. The van der Waals surface area contributed by atoms with Crippen LogP contribution in [0.25, 0.3) is 0 Å². The molecule has 0 spiro atoms. The maximum absolute atomic E-state index is 9.41. The van der Waals surface area contributed by atoms with E-state index in [1.807, 2.05) is 25.1 Å². The Bertz CT molecular complexity index is 415. The number of β-amino-alcohol motifs (C(OH)–C–C–N with tert-alkyl or cyclic N) is 1. The van der Waals surface area contributed by atoms with E-state index in [1.54, 1.807) is 7.11 Å². The fourth-order valence-corrected chi connectivity index (χ4v) is 2.50. The standard InChI is InChI=1S/C14H23N3O2/c1-11(18)10-16-5-7-17(8-6-16)13-4-3-12(15)9-14(13)19-2/h3-4,9,11,18H,5-8,10,15H2,1-2H3. The van der Waals surface area contributed by atoms with Gasteiger partial charge in [0.15, 0.2) is 0 Å². The van der Waals surface area contributed by atoms with Crippen LogP contribution in [0, 0.1) is 0 Å². The fraction of sp³-hybridized carbons (Fsp3) is 0.571. The number of methoxy groups -OCH3 is 1. The Labute approximate surface area is 114 Å². The quantitative estimate of drug-likeness (QED) is 0.788. The van der Waals surface area contributed by atoms with Gasteiger partial charge in [0.05, 0.1) is 18.9 Å². The number of aliphatic hydroxyl groups is 1. The fourth-order valence-electron chi connectivity index (χ4n) is 2.50. The average molecular weight is 265 g/mol. The lowest BCUT2D eigenvalue weighted by atomic mass is 10.2. The van der Waals surface area contributed by atoms with E-state index in [9.17, 15) is 5.11 Å². The first kappa shape index (κ1) is 14.0. The average Bonchev–Trinajstić information content (AvgIpc) is 2.39. The third-order valence-corrected chi connectivity index (χ3v) is 3.44. The molecule has 1 atom stereocenters. The number of hydrogen-bond acceptors (Lipinski definition) is 5. The predicted octanol–water partition coefficient (Wildman–Crippen LogP) is 0.780. The van der Waals surface area contributed by atoms with Crippen molar-refractivity contribution in [3.8, 4) is 5.75 Å². The first-order valence-corrected chi connectivity index (χ1v) is 6.69. The molecule has 0 aromatic heterocycles. The minimum absolute atomic E-state index is 0.266. The number of nitrogen functional groups attached to an aromatic ring is 1. The molecule has 1 aromatic rings. The number of rotatable bonds is 4. The van der Waals surface area contributed by atoms with Gasteiger partial charge in [-0.3, -0.25) is 4.90 Å². The van der Waals surface area contributed by atoms with Gasteiger partial charge in [0.25, 0.3) is 0 Å². The Morgan fingerprint density at radius 3 is 2.58 bits per heavy atom. The summed E-state index contributed by atoms with van der Waals surface area (Å²) in [5, 5.41) is 9.41. The molecule has 0 aliphatic carbocycles. The number of nitrogens with zero attached hydrogens (tertiary/aromatic N) is 2. The highest BCUT2D eigenvalue weighted by atomic mass is 16.5. The van der Waals surface area contributed by atoms with Crippen LogP contribution in [0.15, 0.2) is 18.2 Å². The third kappa shape index (κ3) is 3.52. The Morgan fingerprint density at radius 1 is 1.32 bits per heavy atom. The highest BCUT2D eigenvalue weighted by Crippen LogP contribution is 2.30. The summed E-state index contributed by atoms with van der Waals surface area (Å²) in [5.41, 5.74) is 7.58. The Kier molecular flexibility index (Phi) is 4.50. The first-order valence-electron chi connectivity index (χ1n) is 6.69. The van der Waals surface area contributed by atoms with Crippen molar-refractivity contribution in [3.63, 3.8) is 0 Å². The molecular formula is C14H23N3O2. The summed E-state index contributed by atoms with van der Waals surface area (Å²) in [6.45, 7) is 6.36. The van der Waals surface area contributed by atoms with Crippen LogP contribution >= 0.6 is 0 Å². The first-order chi connectivity index (χ1) is 9.10. The summed E-state index contributed by atoms with van der Waals surface area (Å²) in [4.78, 5) is 4.59. The van der Waals surface area contributed by atoms with Crippen molar-refractivity contribution in [1.82, 2.24) is 4.90 Å². The van der Waals surface area contributed by atoms with E-state index in [1.165, 1.54) is 0 Å². The molecule has 0 bridgehead atoms. The van der Waals surface area contributed by atoms with Crippen LogP contribution in [-0.2, 0) is 0 Å². The van der Waals surface area contributed by atoms with Gasteiger partial charge in [-0.1, -0.05) is 0 Å². The van der Waals surface area contributed by atoms with E-state index in [4.69, 9.17) is 10.5 Å². The summed E-state index contributed by atoms with van der Waals surface area (Å²) >= 11 is 0. The molecule has 106 valence electrons. The van der Waals surface area contributed by atoms with Crippen molar-refractivity contribution < 1.29 is 9.84 Å². The van der Waals surface area contributed by atoms with Crippen molar-refractivity contribution >= 4 is 11.4 Å². The minimum Gasteiger partial charge on any atom is -0.495 e. The van der Waals surface area contributed by atoms with Gasteiger partial charge < -0.3 is 20.5 Å². The van der Waals surface area contributed by atoms with Crippen molar-refractivity contribution in [2.75, 3.05) is 50.5 Å². The molecule has 5 heteroatoms. The van der Waals surface area contributed by atoms with E-state index < -0.39 is 0 Å². The number of hydrogen-bond donors (Lipinski definition) is 2. The smallest absolute Gasteiger partial charge is 0.144 e. The van der Waals surface area contributed by atoms with Crippen LogP contribution in [0.1, 0.15) is 6.92 Å². The topological polar surface area (TPSA) is 62.0 Å². The lowest BCUT2D eigenvalue weighted by Gasteiger charge is -2.37. The highest BCUT2D eigenvalue weighted by molar-refractivity contribution is 5.64. The van der Waals surface area contributed by atoms with Crippen LogP contribution in [0.4, 0.5) is 11.4 Å². The van der Waals surface area contributed by atoms with Gasteiger partial charge in [0, 0.05) is 44.5 Å². The molecule has 1 aromatic carbocycles. The molecule has 0 saturated carbocycles. The summed E-state index contributed by atoms with van der Waals surface area (Å²) in [6, 6.07) is 5.77. The van der Waals surface area contributed by atoms with E-state index in [0.29, 0.717) is 5.69 Å². The Balaban J connectivity index is 2.01. The monoisotopic (exact) mass is 265 g/mol. The van der Waals surface area contributed by atoms with E-state index in [-0.39, 0.29) is 6.10 Å². The largest absolute Gasteiger partial charge is 0.495 e. The third-order valence-electron chi connectivity index (χ3n) is 3.44. The van der Waals surface area contributed by atoms with Gasteiger partial charge in [-0.25, -0.2) is 0 Å². The van der Waals surface area contributed by atoms with Crippen molar-refractivity contribution in [2.24, 2.45) is 0 Å².